The number of furan rings is 1. The van der Waals surface area contributed by atoms with Crippen molar-refractivity contribution in [3.05, 3.63) is 51.9 Å². The van der Waals surface area contributed by atoms with E-state index in [0.717, 1.165) is 33.4 Å². The Morgan fingerprint density at radius 1 is 1.32 bits per heavy atom. The van der Waals surface area contributed by atoms with Crippen molar-refractivity contribution in [1.29, 1.82) is 0 Å². The molecule has 0 aliphatic rings. The van der Waals surface area contributed by atoms with Crippen LogP contribution in [0.15, 0.2) is 34.3 Å². The summed E-state index contributed by atoms with van der Waals surface area (Å²) in [6, 6.07) is 5.79. The molecule has 0 atom stereocenters. The number of aromatic nitrogens is 2. The lowest BCUT2D eigenvalue weighted by atomic mass is 10.2. The van der Waals surface area contributed by atoms with Crippen LogP contribution in [0, 0.1) is 13.8 Å². The van der Waals surface area contributed by atoms with Crippen LogP contribution in [0.25, 0.3) is 11.4 Å². The summed E-state index contributed by atoms with van der Waals surface area (Å²) in [4.78, 5) is 19.4. The third kappa shape index (κ3) is 3.39. The van der Waals surface area contributed by atoms with E-state index < -0.39 is 0 Å². The van der Waals surface area contributed by atoms with Gasteiger partial charge in [-0.25, -0.2) is 4.98 Å². The van der Waals surface area contributed by atoms with Gasteiger partial charge in [0.25, 0.3) is 5.91 Å². The lowest BCUT2D eigenvalue weighted by molar-refractivity contribution is 0.0772. The molecule has 0 unspecified atom stereocenters. The second-order valence-electron chi connectivity index (χ2n) is 5.92. The van der Waals surface area contributed by atoms with Crippen molar-refractivity contribution < 1.29 is 9.21 Å². The number of hydrogen-bond donors (Lipinski definition) is 0. The van der Waals surface area contributed by atoms with Gasteiger partial charge in [0.1, 0.15) is 5.76 Å². The second kappa shape index (κ2) is 7.27. The highest BCUT2D eigenvalue weighted by atomic mass is 32.1. The minimum Gasteiger partial charge on any atom is -0.467 e. The van der Waals surface area contributed by atoms with Crippen LogP contribution in [-0.2, 0) is 6.54 Å². The smallest absolute Gasteiger partial charge is 0.255 e. The molecule has 0 saturated carbocycles. The van der Waals surface area contributed by atoms with Crippen molar-refractivity contribution in [1.82, 2.24) is 14.5 Å². The Morgan fingerprint density at radius 2 is 2.08 bits per heavy atom. The summed E-state index contributed by atoms with van der Waals surface area (Å²) in [5.41, 5.74) is 3.52. The van der Waals surface area contributed by atoms with E-state index in [4.69, 9.17) is 4.42 Å². The monoisotopic (exact) mass is 357 g/mol. The zero-order chi connectivity index (χ0) is 18.0. The van der Waals surface area contributed by atoms with Gasteiger partial charge in [-0.1, -0.05) is 0 Å². The molecule has 3 rings (SSSR count). The standard InChI is InChI=1S/C19H23N3O2S/c1-5-21(6-2)19(23)16-10-18(17-12-25-14(4)20-17)22(13(16)3)11-15-8-7-9-24-15/h7-10,12H,5-6,11H2,1-4H3. The highest BCUT2D eigenvalue weighted by Gasteiger charge is 2.23. The van der Waals surface area contributed by atoms with E-state index in [-0.39, 0.29) is 5.91 Å². The van der Waals surface area contributed by atoms with Crippen molar-refractivity contribution in [2.75, 3.05) is 13.1 Å². The van der Waals surface area contributed by atoms with Crippen LogP contribution < -0.4 is 0 Å². The molecule has 25 heavy (non-hydrogen) atoms. The van der Waals surface area contributed by atoms with Crippen LogP contribution in [0.4, 0.5) is 0 Å². The molecule has 0 saturated heterocycles. The number of aryl methyl sites for hydroxylation is 1. The van der Waals surface area contributed by atoms with E-state index in [1.165, 1.54) is 0 Å². The van der Waals surface area contributed by atoms with E-state index in [1.807, 2.05) is 56.2 Å². The van der Waals surface area contributed by atoms with Crippen molar-refractivity contribution in [2.24, 2.45) is 0 Å². The maximum absolute atomic E-state index is 12.9. The van der Waals surface area contributed by atoms with Gasteiger partial charge >= 0.3 is 0 Å². The Kier molecular flexibility index (Phi) is 5.08. The first kappa shape index (κ1) is 17.5. The average molecular weight is 357 g/mol. The van der Waals surface area contributed by atoms with Crippen LogP contribution in [0.5, 0.6) is 0 Å². The summed E-state index contributed by atoms with van der Waals surface area (Å²) in [5, 5.41) is 3.05. The molecule has 0 spiro atoms. The third-order valence-corrected chi connectivity index (χ3v) is 5.20. The first-order valence-electron chi connectivity index (χ1n) is 8.49. The molecule has 132 valence electrons. The van der Waals surface area contributed by atoms with Crippen LogP contribution in [0.3, 0.4) is 0 Å². The predicted octanol–water partition coefficient (Wildman–Crippen LogP) is 4.35. The van der Waals surface area contributed by atoms with Gasteiger partial charge in [0, 0.05) is 24.2 Å². The van der Waals surface area contributed by atoms with E-state index in [9.17, 15) is 4.79 Å². The first-order chi connectivity index (χ1) is 12.0. The molecule has 3 heterocycles. The fourth-order valence-electron chi connectivity index (χ4n) is 3.00. The highest BCUT2D eigenvalue weighted by molar-refractivity contribution is 7.09. The summed E-state index contributed by atoms with van der Waals surface area (Å²) in [6.07, 6.45) is 1.67. The second-order valence-corrected chi connectivity index (χ2v) is 6.99. The zero-order valence-corrected chi connectivity index (χ0v) is 15.9. The molecule has 3 aromatic heterocycles. The van der Waals surface area contributed by atoms with Gasteiger partial charge in [0.15, 0.2) is 0 Å². The fourth-order valence-corrected chi connectivity index (χ4v) is 3.60. The summed E-state index contributed by atoms with van der Waals surface area (Å²) in [5.74, 6) is 0.919. The maximum atomic E-state index is 12.9. The van der Waals surface area contributed by atoms with Crippen LogP contribution in [0.1, 0.15) is 40.7 Å². The number of carbonyl (C=O) groups excluding carboxylic acids is 1. The summed E-state index contributed by atoms with van der Waals surface area (Å²) in [7, 11) is 0. The molecule has 0 bridgehead atoms. The van der Waals surface area contributed by atoms with Gasteiger partial charge in [-0.2, -0.15) is 0 Å². The molecular formula is C19H23N3O2S. The molecule has 5 nitrogen and oxygen atoms in total. The van der Waals surface area contributed by atoms with Gasteiger partial charge < -0.3 is 13.9 Å². The zero-order valence-electron chi connectivity index (χ0n) is 15.1. The Hall–Kier alpha value is -2.34. The Bertz CT molecular complexity index is 858. The van der Waals surface area contributed by atoms with E-state index in [0.29, 0.717) is 19.6 Å². The van der Waals surface area contributed by atoms with Crippen LogP contribution in [-0.4, -0.2) is 33.4 Å². The minimum absolute atomic E-state index is 0.0638. The molecule has 3 aromatic rings. The number of amides is 1. The van der Waals surface area contributed by atoms with Crippen molar-refractivity contribution in [3.63, 3.8) is 0 Å². The lowest BCUT2D eigenvalue weighted by Crippen LogP contribution is -2.30. The third-order valence-electron chi connectivity index (χ3n) is 4.42. The summed E-state index contributed by atoms with van der Waals surface area (Å²) in [6.45, 7) is 9.95. The van der Waals surface area contributed by atoms with E-state index in [2.05, 4.69) is 9.55 Å². The molecule has 0 radical (unpaired) electrons. The lowest BCUT2D eigenvalue weighted by Gasteiger charge is -2.18. The number of nitrogens with zero attached hydrogens (tertiary/aromatic N) is 3. The van der Waals surface area contributed by atoms with Gasteiger partial charge in [0.2, 0.25) is 0 Å². The number of thiazole rings is 1. The molecule has 1 amide bonds. The molecule has 0 N–H and O–H groups in total. The molecule has 0 aromatic carbocycles. The quantitative estimate of drug-likeness (QED) is 0.659. The maximum Gasteiger partial charge on any atom is 0.255 e. The Balaban J connectivity index is 2.09. The van der Waals surface area contributed by atoms with Gasteiger partial charge in [-0.3, -0.25) is 4.79 Å². The molecule has 6 heteroatoms. The summed E-state index contributed by atoms with van der Waals surface area (Å²) >= 11 is 1.61. The first-order valence-corrected chi connectivity index (χ1v) is 9.37. The number of hydrogen-bond acceptors (Lipinski definition) is 4. The number of carbonyl (C=O) groups is 1. The Labute approximate surface area is 151 Å². The van der Waals surface area contributed by atoms with Crippen molar-refractivity contribution >= 4 is 17.2 Å². The number of rotatable bonds is 6. The van der Waals surface area contributed by atoms with Crippen LogP contribution in [0.2, 0.25) is 0 Å². The topological polar surface area (TPSA) is 51.3 Å². The van der Waals surface area contributed by atoms with Gasteiger partial charge in [-0.05, 0) is 45.9 Å². The Morgan fingerprint density at radius 3 is 2.64 bits per heavy atom. The molecular weight excluding hydrogens is 334 g/mol. The highest BCUT2D eigenvalue weighted by Crippen LogP contribution is 2.29. The molecule has 0 aliphatic carbocycles. The van der Waals surface area contributed by atoms with E-state index >= 15 is 0 Å². The van der Waals surface area contributed by atoms with Gasteiger partial charge in [-0.15, -0.1) is 11.3 Å². The van der Waals surface area contributed by atoms with Crippen molar-refractivity contribution in [3.8, 4) is 11.4 Å². The average Bonchev–Trinajstić information content (AvgIpc) is 3.32. The van der Waals surface area contributed by atoms with Crippen molar-refractivity contribution in [2.45, 2.75) is 34.2 Å². The normalized spacial score (nSPS) is 11.0. The largest absolute Gasteiger partial charge is 0.467 e. The summed E-state index contributed by atoms with van der Waals surface area (Å²) < 4.78 is 7.63. The molecule has 0 aliphatic heterocycles. The van der Waals surface area contributed by atoms with Crippen LogP contribution >= 0.6 is 11.3 Å². The van der Waals surface area contributed by atoms with Gasteiger partial charge in [0.05, 0.1) is 34.8 Å². The SMILES string of the molecule is CCN(CC)C(=O)c1cc(-c2csc(C)n2)n(Cc2ccco2)c1C. The molecule has 0 fully saturated rings. The minimum atomic E-state index is 0.0638. The fraction of sp³-hybridized carbons (Fsp3) is 0.368. The predicted molar refractivity (Wildman–Crippen MR) is 100 cm³/mol. The van der Waals surface area contributed by atoms with E-state index in [1.54, 1.807) is 17.6 Å².